The van der Waals surface area contributed by atoms with Crippen molar-refractivity contribution in [2.75, 3.05) is 22.9 Å². The average Bonchev–Trinajstić information content (AvgIpc) is 3.16. The summed E-state index contributed by atoms with van der Waals surface area (Å²) >= 11 is 1.28. The zero-order valence-electron chi connectivity index (χ0n) is 18.1. The van der Waals surface area contributed by atoms with Gasteiger partial charge in [0.2, 0.25) is 10.0 Å². The van der Waals surface area contributed by atoms with Crippen LogP contribution in [0.1, 0.15) is 27.0 Å². The Morgan fingerprint density at radius 3 is 2.50 bits per heavy atom. The molecule has 32 heavy (non-hydrogen) atoms. The Morgan fingerprint density at radius 2 is 1.78 bits per heavy atom. The van der Waals surface area contributed by atoms with Crippen LogP contribution in [-0.2, 0) is 19.6 Å². The standard InChI is InChI=1S/C22H23N3O5S2/c1-13-8-15(3)18(9-14(13)2)19-12-31-22(23-19)24-20(26)11-30-21(27)16-6-5-7-17(10-16)25-32(4,28)29/h5-10,12,25H,11H2,1-4H3,(H,23,24,26). The highest BCUT2D eigenvalue weighted by Gasteiger charge is 2.14. The molecule has 1 heterocycles. The highest BCUT2D eigenvalue weighted by Crippen LogP contribution is 2.29. The van der Waals surface area contributed by atoms with Crippen molar-refractivity contribution in [1.29, 1.82) is 0 Å². The van der Waals surface area contributed by atoms with Crippen molar-refractivity contribution in [3.05, 3.63) is 64.0 Å². The van der Waals surface area contributed by atoms with E-state index >= 15 is 0 Å². The van der Waals surface area contributed by atoms with Crippen LogP contribution < -0.4 is 10.0 Å². The number of ether oxygens (including phenoxy) is 1. The van der Waals surface area contributed by atoms with Crippen LogP contribution >= 0.6 is 11.3 Å². The van der Waals surface area contributed by atoms with Crippen molar-refractivity contribution in [2.45, 2.75) is 20.8 Å². The molecule has 0 saturated heterocycles. The van der Waals surface area contributed by atoms with Gasteiger partial charge in [-0.15, -0.1) is 11.3 Å². The van der Waals surface area contributed by atoms with Crippen LogP contribution in [0.4, 0.5) is 10.8 Å². The van der Waals surface area contributed by atoms with Crippen LogP contribution in [0, 0.1) is 20.8 Å². The highest BCUT2D eigenvalue weighted by molar-refractivity contribution is 7.92. The number of aryl methyl sites for hydroxylation is 3. The molecule has 168 valence electrons. The lowest BCUT2D eigenvalue weighted by molar-refractivity contribution is -0.119. The molecular weight excluding hydrogens is 450 g/mol. The zero-order chi connectivity index (χ0) is 23.5. The fourth-order valence-corrected chi connectivity index (χ4v) is 4.27. The second-order valence-electron chi connectivity index (χ2n) is 7.37. The number of hydrogen-bond donors (Lipinski definition) is 2. The number of aromatic nitrogens is 1. The van der Waals surface area contributed by atoms with Crippen LogP contribution in [0.3, 0.4) is 0 Å². The van der Waals surface area contributed by atoms with Crippen molar-refractivity contribution >= 4 is 44.1 Å². The van der Waals surface area contributed by atoms with E-state index in [1.54, 1.807) is 0 Å². The van der Waals surface area contributed by atoms with Crippen molar-refractivity contribution < 1.29 is 22.7 Å². The minimum absolute atomic E-state index is 0.119. The summed E-state index contributed by atoms with van der Waals surface area (Å²) in [5.74, 6) is -1.27. The van der Waals surface area contributed by atoms with Gasteiger partial charge in [0.15, 0.2) is 11.7 Å². The average molecular weight is 474 g/mol. The van der Waals surface area contributed by atoms with Crippen molar-refractivity contribution in [1.82, 2.24) is 4.98 Å². The van der Waals surface area contributed by atoms with Gasteiger partial charge in [0, 0.05) is 16.6 Å². The third kappa shape index (κ3) is 6.14. The molecule has 1 amide bonds. The van der Waals surface area contributed by atoms with Crippen LogP contribution in [0.15, 0.2) is 41.8 Å². The van der Waals surface area contributed by atoms with Crippen molar-refractivity contribution in [2.24, 2.45) is 0 Å². The highest BCUT2D eigenvalue weighted by atomic mass is 32.2. The maximum atomic E-state index is 12.2. The molecule has 3 aromatic rings. The second-order valence-corrected chi connectivity index (χ2v) is 9.98. The van der Waals surface area contributed by atoms with E-state index < -0.39 is 28.5 Å². The lowest BCUT2D eigenvalue weighted by Crippen LogP contribution is -2.21. The lowest BCUT2D eigenvalue weighted by atomic mass is 9.99. The molecule has 0 fully saturated rings. The number of thiazole rings is 1. The minimum Gasteiger partial charge on any atom is -0.452 e. The number of esters is 1. The summed E-state index contributed by atoms with van der Waals surface area (Å²) in [6.45, 7) is 5.60. The molecule has 0 aliphatic heterocycles. The summed E-state index contributed by atoms with van der Waals surface area (Å²) in [6, 6.07) is 9.98. The van der Waals surface area contributed by atoms with Gasteiger partial charge in [-0.25, -0.2) is 18.2 Å². The van der Waals surface area contributed by atoms with Crippen molar-refractivity contribution in [3.63, 3.8) is 0 Å². The summed E-state index contributed by atoms with van der Waals surface area (Å²) in [6.07, 6.45) is 1.01. The van der Waals surface area contributed by atoms with Crippen LogP contribution in [0.25, 0.3) is 11.3 Å². The van der Waals surface area contributed by atoms with Gasteiger partial charge in [-0.1, -0.05) is 12.1 Å². The fourth-order valence-electron chi connectivity index (χ4n) is 2.98. The van der Waals surface area contributed by atoms with Gasteiger partial charge in [0.1, 0.15) is 0 Å². The Morgan fingerprint density at radius 1 is 1.06 bits per heavy atom. The minimum atomic E-state index is -3.48. The van der Waals surface area contributed by atoms with E-state index in [0.29, 0.717) is 5.13 Å². The molecule has 0 bridgehead atoms. The normalized spacial score (nSPS) is 11.1. The first-order valence-electron chi connectivity index (χ1n) is 9.60. The zero-order valence-corrected chi connectivity index (χ0v) is 19.7. The fraction of sp³-hybridized carbons (Fsp3) is 0.227. The number of nitrogens with one attached hydrogen (secondary N) is 2. The Balaban J connectivity index is 1.60. The number of sulfonamides is 1. The number of carbonyl (C=O) groups excluding carboxylic acids is 2. The first-order valence-corrected chi connectivity index (χ1v) is 12.4. The molecule has 0 atom stereocenters. The van der Waals surface area contributed by atoms with E-state index in [2.05, 4.69) is 34.1 Å². The molecule has 0 radical (unpaired) electrons. The topological polar surface area (TPSA) is 114 Å². The Labute approximate surface area is 190 Å². The van der Waals surface area contributed by atoms with Crippen LogP contribution in [-0.4, -0.2) is 38.1 Å². The summed E-state index contributed by atoms with van der Waals surface area (Å²) in [5, 5.41) is 4.89. The van der Waals surface area contributed by atoms with E-state index in [9.17, 15) is 18.0 Å². The number of benzene rings is 2. The van der Waals surface area contributed by atoms with E-state index in [1.807, 2.05) is 19.2 Å². The number of anilines is 2. The van der Waals surface area contributed by atoms with Crippen LogP contribution in [0.2, 0.25) is 0 Å². The predicted octanol–water partition coefficient (Wildman–Crippen LogP) is 3.90. The second kappa shape index (κ2) is 9.49. The van der Waals surface area contributed by atoms with Gasteiger partial charge in [0.05, 0.1) is 17.5 Å². The largest absolute Gasteiger partial charge is 0.452 e. The number of amides is 1. The first kappa shape index (κ1) is 23.4. The number of carbonyl (C=O) groups is 2. The molecule has 0 saturated carbocycles. The molecule has 0 unspecified atom stereocenters. The molecule has 2 N–H and O–H groups in total. The Hall–Kier alpha value is -3.24. The number of hydrogen-bond acceptors (Lipinski definition) is 7. The maximum absolute atomic E-state index is 12.2. The molecule has 2 aromatic carbocycles. The number of nitrogens with zero attached hydrogens (tertiary/aromatic N) is 1. The SMILES string of the molecule is Cc1cc(C)c(-c2csc(NC(=O)COC(=O)c3cccc(NS(C)(=O)=O)c3)n2)cc1C. The molecular formula is C22H23N3O5S2. The van der Waals surface area contributed by atoms with E-state index in [0.717, 1.165) is 28.6 Å². The molecule has 10 heteroatoms. The summed E-state index contributed by atoms with van der Waals surface area (Å²) in [7, 11) is -3.48. The first-order chi connectivity index (χ1) is 15.0. The predicted molar refractivity (Wildman–Crippen MR) is 126 cm³/mol. The van der Waals surface area contributed by atoms with Gasteiger partial charge >= 0.3 is 5.97 Å². The lowest BCUT2D eigenvalue weighted by Gasteiger charge is -2.08. The Kier molecular flexibility index (Phi) is 6.95. The summed E-state index contributed by atoms with van der Waals surface area (Å²) < 4.78 is 30.0. The quantitative estimate of drug-likeness (QED) is 0.503. The van der Waals surface area contributed by atoms with Crippen molar-refractivity contribution in [3.8, 4) is 11.3 Å². The van der Waals surface area contributed by atoms with E-state index in [-0.39, 0.29) is 11.3 Å². The Bertz CT molecular complexity index is 1280. The van der Waals surface area contributed by atoms with Gasteiger partial charge in [0.25, 0.3) is 5.91 Å². The third-order valence-electron chi connectivity index (χ3n) is 4.60. The molecule has 8 nitrogen and oxygen atoms in total. The molecule has 0 aliphatic rings. The molecule has 3 rings (SSSR count). The van der Waals surface area contributed by atoms with Gasteiger partial charge in [-0.3, -0.25) is 14.8 Å². The molecule has 0 aliphatic carbocycles. The third-order valence-corrected chi connectivity index (χ3v) is 5.97. The van der Waals surface area contributed by atoms with Crippen LogP contribution in [0.5, 0.6) is 0 Å². The number of rotatable bonds is 7. The smallest absolute Gasteiger partial charge is 0.338 e. The maximum Gasteiger partial charge on any atom is 0.338 e. The van der Waals surface area contributed by atoms with E-state index in [1.165, 1.54) is 41.2 Å². The van der Waals surface area contributed by atoms with Gasteiger partial charge in [-0.2, -0.15) is 0 Å². The molecule has 1 aromatic heterocycles. The summed E-state index contributed by atoms with van der Waals surface area (Å²) in [5.41, 5.74) is 5.56. The monoisotopic (exact) mass is 473 g/mol. The van der Waals surface area contributed by atoms with Gasteiger partial charge in [-0.05, 0) is 61.7 Å². The molecule has 0 spiro atoms. The van der Waals surface area contributed by atoms with E-state index in [4.69, 9.17) is 4.74 Å². The van der Waals surface area contributed by atoms with Gasteiger partial charge < -0.3 is 4.74 Å². The summed E-state index contributed by atoms with van der Waals surface area (Å²) in [4.78, 5) is 28.9.